The highest BCUT2D eigenvalue weighted by Gasteiger charge is 2.32. The van der Waals surface area contributed by atoms with E-state index in [1.807, 2.05) is 0 Å². The normalized spacial score (nSPS) is 15.4. The number of alkyl halides is 3. The predicted molar refractivity (Wildman–Crippen MR) is 90.0 cm³/mol. The zero-order chi connectivity index (χ0) is 19.8. The minimum atomic E-state index is -4.49. The third-order valence-corrected chi connectivity index (χ3v) is 4.43. The van der Waals surface area contributed by atoms with Crippen LogP contribution in [0.1, 0.15) is 41.0 Å². The second-order valence-electron chi connectivity index (χ2n) is 6.68. The first kappa shape index (κ1) is 18.9. The molecule has 1 aliphatic rings. The van der Waals surface area contributed by atoms with E-state index in [1.54, 1.807) is 6.92 Å². The largest absolute Gasteiger partial charge is 0.480 e. The minimum absolute atomic E-state index is 0.0375. The average Bonchev–Trinajstić information content (AvgIpc) is 3.32. The van der Waals surface area contributed by atoms with Gasteiger partial charge in [0.05, 0.1) is 5.56 Å². The van der Waals surface area contributed by atoms with E-state index in [2.05, 4.69) is 15.3 Å². The molecule has 1 unspecified atom stereocenters. The van der Waals surface area contributed by atoms with Crippen LogP contribution in [0.5, 0.6) is 0 Å². The zero-order valence-electron chi connectivity index (χ0n) is 14.4. The number of carboxylic acid groups (broad SMARTS) is 1. The summed E-state index contributed by atoms with van der Waals surface area (Å²) in [6.07, 6.45) is -2.25. The monoisotopic (exact) mass is 381 g/mol. The Kier molecular flexibility index (Phi) is 4.95. The molecule has 0 aliphatic heterocycles. The van der Waals surface area contributed by atoms with Crippen molar-refractivity contribution in [3.8, 4) is 11.4 Å². The van der Waals surface area contributed by atoms with E-state index < -0.39 is 29.7 Å². The van der Waals surface area contributed by atoms with Gasteiger partial charge in [-0.2, -0.15) is 13.2 Å². The van der Waals surface area contributed by atoms with Crippen molar-refractivity contribution in [2.24, 2.45) is 5.92 Å². The number of aliphatic carboxylic acids is 1. The van der Waals surface area contributed by atoms with E-state index in [-0.39, 0.29) is 17.1 Å². The highest BCUT2D eigenvalue weighted by Crippen LogP contribution is 2.34. The molecule has 0 saturated heterocycles. The second kappa shape index (κ2) is 7.05. The van der Waals surface area contributed by atoms with Gasteiger partial charge in [0.1, 0.15) is 17.6 Å². The average molecular weight is 381 g/mol. The van der Waals surface area contributed by atoms with E-state index >= 15 is 0 Å². The van der Waals surface area contributed by atoms with Gasteiger partial charge in [0, 0.05) is 11.3 Å². The van der Waals surface area contributed by atoms with Gasteiger partial charge in [-0.15, -0.1) is 0 Å². The molecule has 0 bridgehead atoms. The maximum absolute atomic E-state index is 12.9. The van der Waals surface area contributed by atoms with Crippen LogP contribution in [0, 0.1) is 12.8 Å². The Morgan fingerprint density at radius 3 is 2.67 bits per heavy atom. The van der Waals surface area contributed by atoms with Crippen LogP contribution in [0.15, 0.2) is 24.3 Å². The van der Waals surface area contributed by atoms with Crippen LogP contribution < -0.4 is 5.32 Å². The summed E-state index contributed by atoms with van der Waals surface area (Å²) in [5.74, 6) is -1.39. The smallest absolute Gasteiger partial charge is 0.416 e. The molecule has 1 atom stereocenters. The van der Waals surface area contributed by atoms with Crippen molar-refractivity contribution >= 4 is 11.9 Å². The van der Waals surface area contributed by atoms with Gasteiger partial charge in [0.2, 0.25) is 0 Å². The number of aromatic nitrogens is 2. The van der Waals surface area contributed by atoms with E-state index in [0.29, 0.717) is 18.0 Å². The molecule has 3 rings (SSSR count). The third-order valence-electron chi connectivity index (χ3n) is 4.43. The van der Waals surface area contributed by atoms with Crippen molar-refractivity contribution in [3.63, 3.8) is 0 Å². The fourth-order valence-electron chi connectivity index (χ4n) is 2.80. The standard InChI is InChI=1S/C18H18F3N3O3/c1-9-14(16(25)23-13(17(26)27)7-10-5-6-10)24-15(22-9)11-3-2-4-12(8-11)18(19,20)21/h2-4,8,10,13H,5-7H2,1H3,(H,22,24)(H,23,25)(H,26,27). The number of nitrogens with zero attached hydrogens (tertiary/aromatic N) is 1. The summed E-state index contributed by atoms with van der Waals surface area (Å²) < 4.78 is 38.6. The van der Waals surface area contributed by atoms with Gasteiger partial charge in [-0.3, -0.25) is 4.79 Å². The van der Waals surface area contributed by atoms with Crippen LogP contribution in [0.3, 0.4) is 0 Å². The summed E-state index contributed by atoms with van der Waals surface area (Å²) in [7, 11) is 0. The molecule has 1 amide bonds. The van der Waals surface area contributed by atoms with Crippen LogP contribution >= 0.6 is 0 Å². The van der Waals surface area contributed by atoms with E-state index in [0.717, 1.165) is 25.0 Å². The number of benzene rings is 1. The molecule has 1 aromatic carbocycles. The Morgan fingerprint density at radius 1 is 1.37 bits per heavy atom. The molecule has 1 aliphatic carbocycles. The number of carbonyl (C=O) groups excluding carboxylic acids is 1. The first-order valence-corrected chi connectivity index (χ1v) is 8.43. The molecule has 6 nitrogen and oxygen atoms in total. The molecule has 144 valence electrons. The fourth-order valence-corrected chi connectivity index (χ4v) is 2.80. The van der Waals surface area contributed by atoms with Crippen molar-refractivity contribution in [2.75, 3.05) is 0 Å². The zero-order valence-corrected chi connectivity index (χ0v) is 14.4. The number of hydrogen-bond donors (Lipinski definition) is 3. The van der Waals surface area contributed by atoms with E-state index in [1.165, 1.54) is 12.1 Å². The van der Waals surface area contributed by atoms with Crippen LogP contribution in [0.4, 0.5) is 13.2 Å². The number of nitrogens with one attached hydrogen (secondary N) is 2. The predicted octanol–water partition coefficient (Wildman–Crippen LogP) is 3.39. The van der Waals surface area contributed by atoms with Gasteiger partial charge >= 0.3 is 12.1 Å². The highest BCUT2D eigenvalue weighted by molar-refractivity contribution is 5.96. The first-order valence-electron chi connectivity index (χ1n) is 8.43. The number of H-pyrrole nitrogens is 1. The molecule has 0 radical (unpaired) electrons. The molecule has 2 aromatic rings. The maximum atomic E-state index is 12.9. The van der Waals surface area contributed by atoms with Crippen molar-refractivity contribution < 1.29 is 27.9 Å². The molecule has 1 heterocycles. The Morgan fingerprint density at radius 2 is 2.07 bits per heavy atom. The number of carbonyl (C=O) groups is 2. The summed E-state index contributed by atoms with van der Waals surface area (Å²) in [6.45, 7) is 1.55. The molecule has 3 N–H and O–H groups in total. The number of rotatable bonds is 6. The van der Waals surface area contributed by atoms with Gasteiger partial charge < -0.3 is 15.4 Å². The molecule has 1 saturated carbocycles. The molecule has 27 heavy (non-hydrogen) atoms. The lowest BCUT2D eigenvalue weighted by atomic mass is 10.1. The number of aromatic amines is 1. The van der Waals surface area contributed by atoms with Gasteiger partial charge in [-0.05, 0) is 31.4 Å². The van der Waals surface area contributed by atoms with Crippen molar-refractivity contribution in [1.82, 2.24) is 15.3 Å². The minimum Gasteiger partial charge on any atom is -0.480 e. The van der Waals surface area contributed by atoms with E-state index in [9.17, 15) is 27.9 Å². The number of carboxylic acids is 1. The molecule has 1 aromatic heterocycles. The third kappa shape index (κ3) is 4.47. The Bertz CT molecular complexity index is 872. The van der Waals surface area contributed by atoms with Crippen LogP contribution in [0.2, 0.25) is 0 Å². The fraction of sp³-hybridized carbons (Fsp3) is 0.389. The Labute approximate surface area is 152 Å². The SMILES string of the molecule is Cc1[nH]c(-c2cccc(C(F)(F)F)c2)nc1C(=O)NC(CC1CC1)C(=O)O. The van der Waals surface area contributed by atoms with Crippen LogP contribution in [-0.2, 0) is 11.0 Å². The highest BCUT2D eigenvalue weighted by atomic mass is 19.4. The maximum Gasteiger partial charge on any atom is 0.416 e. The number of imidazole rings is 1. The molecular weight excluding hydrogens is 363 g/mol. The van der Waals surface area contributed by atoms with Crippen molar-refractivity contribution in [1.29, 1.82) is 0 Å². The number of amides is 1. The van der Waals surface area contributed by atoms with Crippen LogP contribution in [0.25, 0.3) is 11.4 Å². The summed E-state index contributed by atoms with van der Waals surface area (Å²) >= 11 is 0. The summed E-state index contributed by atoms with van der Waals surface area (Å²) in [5.41, 5.74) is -0.338. The van der Waals surface area contributed by atoms with Crippen molar-refractivity contribution in [3.05, 3.63) is 41.2 Å². The lowest BCUT2D eigenvalue weighted by Gasteiger charge is -2.13. The molecule has 0 spiro atoms. The first-order chi connectivity index (χ1) is 12.6. The van der Waals surface area contributed by atoms with Gasteiger partial charge in [0.25, 0.3) is 5.91 Å². The number of hydrogen-bond acceptors (Lipinski definition) is 3. The van der Waals surface area contributed by atoms with Gasteiger partial charge in [0.15, 0.2) is 0 Å². The lowest BCUT2D eigenvalue weighted by molar-refractivity contribution is -0.139. The second-order valence-corrected chi connectivity index (χ2v) is 6.68. The quantitative estimate of drug-likeness (QED) is 0.715. The van der Waals surface area contributed by atoms with Crippen LogP contribution in [-0.4, -0.2) is 33.0 Å². The Hall–Kier alpha value is -2.84. The number of halogens is 3. The summed E-state index contributed by atoms with van der Waals surface area (Å²) in [5, 5.41) is 11.7. The molecule has 1 fully saturated rings. The summed E-state index contributed by atoms with van der Waals surface area (Å²) in [4.78, 5) is 30.6. The summed E-state index contributed by atoms with van der Waals surface area (Å²) in [6, 6.07) is 3.57. The lowest BCUT2D eigenvalue weighted by Crippen LogP contribution is -2.41. The Balaban J connectivity index is 1.81. The van der Waals surface area contributed by atoms with Gasteiger partial charge in [-0.1, -0.05) is 25.0 Å². The van der Waals surface area contributed by atoms with E-state index in [4.69, 9.17) is 0 Å². The number of aryl methyl sites for hydroxylation is 1. The van der Waals surface area contributed by atoms with Gasteiger partial charge in [-0.25, -0.2) is 9.78 Å². The molecular formula is C18H18F3N3O3. The van der Waals surface area contributed by atoms with Crippen molar-refractivity contribution in [2.45, 2.75) is 38.4 Å². The topological polar surface area (TPSA) is 95.1 Å². The molecule has 9 heteroatoms.